The number of hydrogen-bond donors (Lipinski definition) is 1. The summed E-state index contributed by atoms with van der Waals surface area (Å²) in [4.78, 5) is 15.2. The summed E-state index contributed by atoms with van der Waals surface area (Å²) in [5.41, 5.74) is -1.12. The highest BCUT2D eigenvalue weighted by atomic mass is 32.2. The van der Waals surface area contributed by atoms with Gasteiger partial charge < -0.3 is 4.84 Å². The van der Waals surface area contributed by atoms with Crippen LogP contribution in [0.3, 0.4) is 0 Å². The van der Waals surface area contributed by atoms with Gasteiger partial charge in [0, 0.05) is 6.92 Å². The van der Waals surface area contributed by atoms with Crippen LogP contribution in [0.5, 0.6) is 0 Å². The van der Waals surface area contributed by atoms with Crippen molar-refractivity contribution in [2.75, 3.05) is 0 Å². The molecule has 0 aliphatic heterocycles. The van der Waals surface area contributed by atoms with Gasteiger partial charge in [0.05, 0.1) is 10.5 Å². The summed E-state index contributed by atoms with van der Waals surface area (Å²) in [5.74, 6) is -0.939. The molecule has 18 heavy (non-hydrogen) atoms. The third-order valence-corrected chi connectivity index (χ3v) is 2.94. The van der Waals surface area contributed by atoms with Gasteiger partial charge in [0.25, 0.3) is 10.0 Å². The van der Waals surface area contributed by atoms with Crippen LogP contribution in [-0.4, -0.2) is 14.4 Å². The molecule has 0 atom stereocenters. The van der Waals surface area contributed by atoms with E-state index in [2.05, 4.69) is 4.84 Å². The Morgan fingerprint density at radius 3 is 2.44 bits per heavy atom. The fourth-order valence-corrected chi connectivity index (χ4v) is 1.86. The van der Waals surface area contributed by atoms with Gasteiger partial charge in [-0.3, -0.25) is 4.79 Å². The van der Waals surface area contributed by atoms with E-state index in [9.17, 15) is 26.4 Å². The lowest BCUT2D eigenvalue weighted by Crippen LogP contribution is -2.26. The molecule has 9 heteroatoms. The van der Waals surface area contributed by atoms with Crippen LogP contribution >= 0.6 is 0 Å². The largest absolute Gasteiger partial charge is 0.416 e. The highest BCUT2D eigenvalue weighted by Crippen LogP contribution is 2.30. The van der Waals surface area contributed by atoms with E-state index in [1.54, 1.807) is 0 Å². The zero-order valence-corrected chi connectivity index (χ0v) is 9.80. The van der Waals surface area contributed by atoms with Crippen molar-refractivity contribution in [3.63, 3.8) is 0 Å². The molecule has 0 spiro atoms. The van der Waals surface area contributed by atoms with Gasteiger partial charge in [-0.05, 0) is 23.1 Å². The molecule has 1 N–H and O–H groups in total. The Labute approximate surface area is 101 Å². The lowest BCUT2D eigenvalue weighted by molar-refractivity contribution is -0.144. The van der Waals surface area contributed by atoms with E-state index >= 15 is 0 Å². The molecule has 0 saturated heterocycles. The Bertz CT molecular complexity index is 553. The van der Waals surface area contributed by atoms with Crippen molar-refractivity contribution < 1.29 is 31.2 Å². The van der Waals surface area contributed by atoms with Gasteiger partial charge in [-0.25, -0.2) is 8.42 Å². The van der Waals surface area contributed by atoms with E-state index in [1.165, 1.54) is 4.89 Å². The van der Waals surface area contributed by atoms with Gasteiger partial charge in [-0.15, -0.1) is 0 Å². The lowest BCUT2D eigenvalue weighted by Gasteiger charge is -2.09. The van der Waals surface area contributed by atoms with E-state index in [-0.39, 0.29) is 0 Å². The van der Waals surface area contributed by atoms with E-state index in [4.69, 9.17) is 0 Å². The average Bonchev–Trinajstić information content (AvgIpc) is 2.26. The number of nitrogens with one attached hydrogen (secondary N) is 1. The molecule has 1 rings (SSSR count). The topological polar surface area (TPSA) is 72.5 Å². The van der Waals surface area contributed by atoms with Crippen molar-refractivity contribution in [2.24, 2.45) is 0 Å². The predicted octanol–water partition coefficient (Wildman–Crippen LogP) is 1.46. The first-order valence-corrected chi connectivity index (χ1v) is 5.98. The van der Waals surface area contributed by atoms with Crippen LogP contribution in [0.4, 0.5) is 13.2 Å². The molecule has 0 aromatic heterocycles. The number of alkyl halides is 3. The van der Waals surface area contributed by atoms with E-state index in [0.29, 0.717) is 6.07 Å². The van der Waals surface area contributed by atoms with Crippen LogP contribution in [0.1, 0.15) is 12.5 Å². The van der Waals surface area contributed by atoms with Gasteiger partial charge in [0.15, 0.2) is 0 Å². The summed E-state index contributed by atoms with van der Waals surface area (Å²) in [7, 11) is -4.33. The Hall–Kier alpha value is -1.61. The Morgan fingerprint density at radius 1 is 1.33 bits per heavy atom. The van der Waals surface area contributed by atoms with Crippen LogP contribution in [0.25, 0.3) is 0 Å². The fraction of sp³-hybridized carbons (Fsp3) is 0.222. The maximum Gasteiger partial charge on any atom is 0.416 e. The molecule has 0 aliphatic carbocycles. The van der Waals surface area contributed by atoms with E-state index < -0.39 is 32.6 Å². The average molecular weight is 283 g/mol. The summed E-state index contributed by atoms with van der Waals surface area (Å²) in [6.07, 6.45) is -4.66. The zero-order chi connectivity index (χ0) is 14.0. The van der Waals surface area contributed by atoms with Gasteiger partial charge in [0.2, 0.25) is 0 Å². The van der Waals surface area contributed by atoms with Gasteiger partial charge >= 0.3 is 12.1 Å². The van der Waals surface area contributed by atoms with E-state index in [1.807, 2.05) is 0 Å². The first-order valence-electron chi connectivity index (χ1n) is 4.49. The molecule has 100 valence electrons. The number of benzene rings is 1. The minimum Gasteiger partial charge on any atom is -0.356 e. The third kappa shape index (κ3) is 3.70. The van der Waals surface area contributed by atoms with Crippen molar-refractivity contribution >= 4 is 16.0 Å². The standard InChI is InChI=1S/C9H8F3NO4S/c1-6(14)17-13-18(15,16)8-4-2-3-7(5-8)9(10,11)12/h2-5,13H,1H3. The molecule has 5 nitrogen and oxygen atoms in total. The molecule has 0 fully saturated rings. The highest BCUT2D eigenvalue weighted by Gasteiger charge is 2.31. The zero-order valence-electron chi connectivity index (χ0n) is 8.98. The molecule has 0 unspecified atom stereocenters. The molecule has 1 aromatic rings. The number of rotatable bonds is 3. The Morgan fingerprint density at radius 2 is 1.94 bits per heavy atom. The number of halogens is 3. The quantitative estimate of drug-likeness (QED) is 0.852. The maximum absolute atomic E-state index is 12.4. The molecule has 0 radical (unpaired) electrons. The summed E-state index contributed by atoms with van der Waals surface area (Å²) in [6, 6.07) is 3.04. The van der Waals surface area contributed by atoms with Crippen molar-refractivity contribution in [1.29, 1.82) is 0 Å². The third-order valence-electron chi connectivity index (χ3n) is 1.77. The first kappa shape index (κ1) is 14.5. The number of sulfonamides is 1. The monoisotopic (exact) mass is 283 g/mol. The smallest absolute Gasteiger partial charge is 0.356 e. The summed E-state index contributed by atoms with van der Waals surface area (Å²) in [5, 5.41) is 0. The van der Waals surface area contributed by atoms with Crippen molar-refractivity contribution in [3.05, 3.63) is 29.8 Å². The minimum absolute atomic E-state index is 0.436. The molecule has 1 aromatic carbocycles. The predicted molar refractivity (Wildman–Crippen MR) is 53.5 cm³/mol. The Kier molecular flexibility index (Phi) is 3.97. The molecule has 0 amide bonds. The van der Waals surface area contributed by atoms with Crippen LogP contribution < -0.4 is 4.89 Å². The second-order valence-corrected chi connectivity index (χ2v) is 4.85. The minimum atomic E-state index is -4.66. The second kappa shape index (κ2) is 4.94. The van der Waals surface area contributed by atoms with Crippen LogP contribution in [0.15, 0.2) is 29.2 Å². The fourth-order valence-electron chi connectivity index (χ4n) is 1.00. The van der Waals surface area contributed by atoms with Gasteiger partial charge in [-0.2, -0.15) is 13.2 Å². The SMILES string of the molecule is CC(=O)ONS(=O)(=O)c1cccc(C(F)(F)F)c1. The second-order valence-electron chi connectivity index (χ2n) is 3.21. The van der Waals surface area contributed by atoms with Crippen molar-refractivity contribution in [2.45, 2.75) is 18.0 Å². The van der Waals surface area contributed by atoms with Crippen molar-refractivity contribution in [1.82, 2.24) is 4.89 Å². The summed E-state index contributed by atoms with van der Waals surface area (Å²) in [6.45, 7) is 0.939. The van der Waals surface area contributed by atoms with E-state index in [0.717, 1.165) is 25.1 Å². The molecular weight excluding hydrogens is 275 g/mol. The number of hydrogen-bond acceptors (Lipinski definition) is 4. The number of carbonyl (C=O) groups excluding carboxylic acids is 1. The summed E-state index contributed by atoms with van der Waals surface area (Å²) >= 11 is 0. The first-order chi connectivity index (χ1) is 8.13. The summed E-state index contributed by atoms with van der Waals surface area (Å²) < 4.78 is 60.0. The van der Waals surface area contributed by atoms with Gasteiger partial charge in [0.1, 0.15) is 0 Å². The van der Waals surface area contributed by atoms with Crippen LogP contribution in [-0.2, 0) is 25.8 Å². The lowest BCUT2D eigenvalue weighted by atomic mass is 10.2. The van der Waals surface area contributed by atoms with Crippen LogP contribution in [0, 0.1) is 0 Å². The van der Waals surface area contributed by atoms with Crippen molar-refractivity contribution in [3.8, 4) is 0 Å². The van der Waals surface area contributed by atoms with Gasteiger partial charge in [-0.1, -0.05) is 6.07 Å². The van der Waals surface area contributed by atoms with Crippen LogP contribution in [0.2, 0.25) is 0 Å². The highest BCUT2D eigenvalue weighted by molar-refractivity contribution is 7.89. The molecule has 0 bridgehead atoms. The maximum atomic E-state index is 12.4. The molecule has 0 saturated carbocycles. The normalized spacial score (nSPS) is 12.2. The molecular formula is C9H8F3NO4S. The Balaban J connectivity index is 3.07. The molecule has 0 heterocycles. The molecule has 0 aliphatic rings. The number of carbonyl (C=O) groups is 1.